The predicted octanol–water partition coefficient (Wildman–Crippen LogP) is 0.101. The van der Waals surface area contributed by atoms with Gasteiger partial charge in [-0.1, -0.05) is 125 Å². The average Bonchev–Trinajstić information content (AvgIpc) is 0.930. The summed E-state index contributed by atoms with van der Waals surface area (Å²) in [7, 11) is 0. The number of aromatic nitrogens is 14. The Balaban J connectivity index is 0. The summed E-state index contributed by atoms with van der Waals surface area (Å²) in [6.07, 6.45) is 7.94. The quantitative estimate of drug-likeness (QED) is 0.0990. The Bertz CT molecular complexity index is 5070. The van der Waals surface area contributed by atoms with E-state index in [1.165, 1.54) is 67.0 Å². The fourth-order valence-corrected chi connectivity index (χ4v) is 13.5. The first kappa shape index (κ1) is 135. The molecule has 21 heterocycles. The second-order valence-corrected chi connectivity index (χ2v) is 26.1. The molecule has 0 bridgehead atoms. The van der Waals surface area contributed by atoms with Crippen molar-refractivity contribution in [1.82, 2.24) is 118 Å². The third-order valence-corrected chi connectivity index (χ3v) is 19.2. The van der Waals surface area contributed by atoms with Gasteiger partial charge in [0.15, 0.2) is 23.6 Å². The molecular weight excluding hydrogens is 2360 g/mol. The van der Waals surface area contributed by atoms with Gasteiger partial charge in [-0.15, -0.1) is 30.0 Å². The van der Waals surface area contributed by atoms with Crippen molar-refractivity contribution in [1.29, 1.82) is 0 Å². The molecule has 51 nitrogen and oxygen atoms in total. The van der Waals surface area contributed by atoms with Crippen molar-refractivity contribution >= 4 is 41.4 Å². The van der Waals surface area contributed by atoms with Crippen LogP contribution in [0.15, 0.2) is 76.9 Å². The van der Waals surface area contributed by atoms with Crippen molar-refractivity contribution in [3.8, 4) is 40.2 Å². The minimum absolute atomic E-state index is 0. The number of hydrazine groups is 3. The maximum absolute atomic E-state index is 12.1. The van der Waals surface area contributed by atoms with E-state index in [0.717, 1.165) is 72.1 Å². The van der Waals surface area contributed by atoms with Crippen LogP contribution in [0.3, 0.4) is 0 Å². The van der Waals surface area contributed by atoms with Crippen LogP contribution in [0.25, 0.3) is 0 Å². The number of carbonyl (C=O) groups excluding carboxylic acids is 7. The molecule has 14 aliphatic heterocycles. The number of fused-ring (bicyclic) bond motifs is 14. The smallest absolute Gasteiger partial charge is 0.223 e. The Morgan fingerprint density at radius 1 is 0.273 bits per heavy atom. The first-order valence-corrected chi connectivity index (χ1v) is 42.0. The number of carbonyl (C=O) groups is 7. The third-order valence-electron chi connectivity index (χ3n) is 19.2. The minimum atomic E-state index is -0.679. The van der Waals surface area contributed by atoms with E-state index in [2.05, 4.69) is 35.7 Å². The van der Waals surface area contributed by atoms with E-state index in [-0.39, 0.29) is 325 Å². The van der Waals surface area contributed by atoms with Crippen molar-refractivity contribution in [3.05, 3.63) is 201 Å². The summed E-state index contributed by atoms with van der Waals surface area (Å²) in [4.78, 5) is 179. The number of morpholine rings is 3. The van der Waals surface area contributed by atoms with Crippen LogP contribution in [-0.2, 0) is 258 Å². The summed E-state index contributed by atoms with van der Waals surface area (Å²) >= 11 is 0. The summed E-state index contributed by atoms with van der Waals surface area (Å²) in [5.41, 5.74) is -5.27. The molecule has 7 N–H and O–H groups in total. The van der Waals surface area contributed by atoms with Gasteiger partial charge in [0.2, 0.25) is 55.7 Å². The molecule has 747 valence electrons. The Labute approximate surface area is 976 Å². The third kappa shape index (κ3) is 30.1. The molecular formula is C81H113N24O27Y7-7. The van der Waals surface area contributed by atoms with E-state index in [9.17, 15) is 103 Å². The number of ether oxygens (including phenoxy) is 4. The van der Waals surface area contributed by atoms with Crippen LogP contribution >= 0.6 is 0 Å². The number of rotatable bonds is 0. The fraction of sp³-hybridized carbons (Fsp3) is 0.481. The Kier molecular flexibility index (Phi) is 62.3. The normalized spacial score (nSPS) is 18.1. The van der Waals surface area contributed by atoms with E-state index < -0.39 is 102 Å². The molecule has 14 aliphatic rings. The molecule has 139 heavy (non-hydrogen) atoms. The molecule has 0 spiro atoms. The van der Waals surface area contributed by atoms with Gasteiger partial charge in [-0.05, 0) is 26.2 Å². The monoisotopic (exact) mass is 2480 g/mol. The van der Waals surface area contributed by atoms with Gasteiger partial charge in [0.1, 0.15) is 46.5 Å². The number of aromatic hydroxyl groups is 7. The molecule has 0 aliphatic carbocycles. The first-order chi connectivity index (χ1) is 62.8. The number of hydrogen-bond donors (Lipinski definition) is 7. The van der Waals surface area contributed by atoms with Crippen molar-refractivity contribution < 1.29 is 327 Å². The molecule has 4 unspecified atom stereocenters. The van der Waals surface area contributed by atoms with Crippen LogP contribution in [0.2, 0.25) is 0 Å². The average molecular weight is 2480 g/mol. The number of amides is 7. The van der Waals surface area contributed by atoms with Crippen LogP contribution < -0.4 is 38.0 Å². The summed E-state index contributed by atoms with van der Waals surface area (Å²) in [6.45, 7) is 46.8. The van der Waals surface area contributed by atoms with Gasteiger partial charge >= 0.3 is 0 Å². The van der Waals surface area contributed by atoms with Crippen LogP contribution in [0.1, 0.15) is 198 Å². The maximum atomic E-state index is 12.1. The maximum Gasteiger partial charge on any atom is 0.223 e. The van der Waals surface area contributed by atoms with Crippen molar-refractivity contribution in [2.24, 2.45) is 0 Å². The van der Waals surface area contributed by atoms with Gasteiger partial charge in [0, 0.05) is 333 Å². The van der Waals surface area contributed by atoms with Gasteiger partial charge in [-0.3, -0.25) is 96.8 Å². The predicted molar refractivity (Wildman–Crippen MR) is 464 cm³/mol. The Hall–Kier alpha value is -6.49. The zero-order valence-corrected chi connectivity index (χ0v) is 97.8. The fourth-order valence-electron chi connectivity index (χ4n) is 13.5. The molecule has 7 amide bonds. The molecule has 58 heteroatoms. The van der Waals surface area contributed by atoms with Gasteiger partial charge in [-0.2, -0.15) is 0 Å². The van der Waals surface area contributed by atoms with Crippen molar-refractivity contribution in [2.75, 3.05) is 112 Å². The van der Waals surface area contributed by atoms with E-state index >= 15 is 0 Å². The molecule has 7 saturated heterocycles. The SMILES string of the molecule is C.C.CC.CC.CC.CC.CC.CC.CC.O=C1c2c(O)c(=O)cnn2[CH-]C2COCCN12.O=C1c2c(O)c(=O)cnn2[CH-]C2COCCN12.O=C1c2c(O)c(=O)cnn2[CH-]C2COCCN12.O=C1c2c(O)c(=O)cnn2[CH-]C2OCCCN12.O=C1c2c(O)c(=O)cnn2[CH-]N2CCCN12.O=C1c2c(O)c(=O)cnn2[CH-]N2OCCN12.O=C1c2c(O)c(=O)cnn2[CH-]N2OCCN12.[Y].[Y].[Y].[Y].[Y].[Y].[Y]. The Morgan fingerprint density at radius 2 is 0.525 bits per heavy atom. The molecule has 4 atom stereocenters. The molecule has 7 fully saturated rings. The van der Waals surface area contributed by atoms with Crippen LogP contribution in [0.5, 0.6) is 40.2 Å². The number of nitrogens with zero attached hydrogens (tertiary/aromatic N) is 24. The second-order valence-electron chi connectivity index (χ2n) is 26.1. The van der Waals surface area contributed by atoms with E-state index in [0.29, 0.717) is 105 Å². The van der Waals surface area contributed by atoms with Crippen molar-refractivity contribution in [2.45, 2.75) is 149 Å². The van der Waals surface area contributed by atoms with E-state index in [1.54, 1.807) is 52.6 Å². The summed E-state index contributed by atoms with van der Waals surface area (Å²) in [6, 6.07) is -0.588. The number of hydrogen-bond acceptors (Lipinski definition) is 37. The zero-order valence-electron chi connectivity index (χ0n) is 77.9. The summed E-state index contributed by atoms with van der Waals surface area (Å²) in [5.74, 6) is -6.94. The molecule has 0 saturated carbocycles. The van der Waals surface area contributed by atoms with Gasteiger partial charge < -0.3 is 107 Å². The van der Waals surface area contributed by atoms with Crippen molar-refractivity contribution in [3.63, 3.8) is 0 Å². The topological polar surface area (TPSA) is 593 Å². The van der Waals surface area contributed by atoms with Gasteiger partial charge in [0.05, 0.1) is 109 Å². The van der Waals surface area contributed by atoms with Crippen LogP contribution in [0, 0.1) is 46.2 Å². The van der Waals surface area contributed by atoms with Gasteiger partial charge in [0.25, 0.3) is 0 Å². The summed E-state index contributed by atoms with van der Waals surface area (Å²) < 4.78 is 29.6. The Morgan fingerprint density at radius 3 is 0.820 bits per heavy atom. The second kappa shape index (κ2) is 64.4. The van der Waals surface area contributed by atoms with E-state index in [1.807, 2.05) is 96.9 Å². The number of hydroxylamine groups is 2. The van der Waals surface area contributed by atoms with E-state index in [4.69, 9.17) is 28.6 Å². The minimum Gasteiger partial charge on any atom is -0.520 e. The molecule has 0 aromatic carbocycles. The molecule has 21 rings (SSSR count). The first-order valence-electron chi connectivity index (χ1n) is 42.0. The van der Waals surface area contributed by atoms with Crippen LogP contribution in [0.4, 0.5) is 0 Å². The van der Waals surface area contributed by atoms with Crippen LogP contribution in [-0.4, -0.2) is 332 Å². The largest absolute Gasteiger partial charge is 0.520 e. The molecule has 7 aromatic rings. The zero-order chi connectivity index (χ0) is 95.8. The summed E-state index contributed by atoms with van der Waals surface area (Å²) in [5, 5.41) is 102. The molecule has 7 radical (unpaired) electrons. The standard InChI is InChI=1S/4C10H10N3O4.C9H9N4O3.2C8H7N4O4.7C2H6.2CH4.7Y/c3*14-7-3-11-13-4-6-5-17-2-1-12(6)10(16)8(13)9(7)15;14-6-4-11-13-5-7-12(2-1-3-17-7)10(16)8(13)9(6)15;14-6-4-10-12-5-11-2-1-3-13(11)9(16)7(12)8(6)15;2*13-5-3-9-10-4-12-11(1-2-16-12)8(15)6(10)7(5)14;7*1-2;;;;;;;;;/h3*3-4,6,15H,1-2,5H2;4-5,7,15H,1-3H2;4-5,15H,1-3H2;2*3-4,14H,1-2H2;7*1-2H3;2*1H4;;;;;;;/q7*-1;;;;;;;;;;;;;;;;. The van der Waals surface area contributed by atoms with Gasteiger partial charge in [-0.25, -0.2) is 35.7 Å². The molecule has 7 aromatic heterocycles.